The maximum Gasteiger partial charge on any atom is 0.321 e. The molecule has 1 aliphatic carbocycles. The van der Waals surface area contributed by atoms with Crippen molar-refractivity contribution in [3.8, 4) is 0 Å². The molecule has 0 radical (unpaired) electrons. The number of carbonyl (C=O) groups excluding carboxylic acids is 2. The predicted molar refractivity (Wildman–Crippen MR) is 108 cm³/mol. The number of fused-ring (bicyclic) bond motifs is 1. The van der Waals surface area contributed by atoms with Crippen LogP contribution in [0.4, 0.5) is 4.79 Å². The highest BCUT2D eigenvalue weighted by Crippen LogP contribution is 2.17. The summed E-state index contributed by atoms with van der Waals surface area (Å²) in [5.74, 6) is -0.235. The molecule has 3 rings (SSSR count). The summed E-state index contributed by atoms with van der Waals surface area (Å²) < 4.78 is 0. The molecule has 2 aromatic rings. The number of rotatable bonds is 5. The minimum Gasteiger partial charge on any atom is -0.335 e. The van der Waals surface area contributed by atoms with Gasteiger partial charge in [0.2, 0.25) is 0 Å². The SMILES string of the molecule is C[C@H](C(=O)NC(=O)NC1CCCCC1)[NH+](C)Cc1ccc2ccccc2c1. The number of carbonyl (C=O) groups is 2. The molecular formula is C22H30N3O2+. The van der Waals surface area contributed by atoms with E-state index in [4.69, 9.17) is 0 Å². The van der Waals surface area contributed by atoms with E-state index in [2.05, 4.69) is 41.0 Å². The fraction of sp³-hybridized carbons (Fsp3) is 0.455. The molecule has 0 saturated heterocycles. The molecule has 2 aromatic carbocycles. The summed E-state index contributed by atoms with van der Waals surface area (Å²) in [7, 11) is 1.98. The van der Waals surface area contributed by atoms with Crippen molar-refractivity contribution in [2.75, 3.05) is 7.05 Å². The van der Waals surface area contributed by atoms with Crippen LogP contribution in [0, 0.1) is 0 Å². The molecule has 144 valence electrons. The van der Waals surface area contributed by atoms with E-state index in [1.807, 2.05) is 26.1 Å². The van der Waals surface area contributed by atoms with Gasteiger partial charge in [0.25, 0.3) is 5.91 Å². The average molecular weight is 369 g/mol. The summed E-state index contributed by atoms with van der Waals surface area (Å²) in [6.45, 7) is 2.59. The molecule has 5 heteroatoms. The van der Waals surface area contributed by atoms with Crippen LogP contribution in [0.2, 0.25) is 0 Å². The van der Waals surface area contributed by atoms with Gasteiger partial charge in [-0.25, -0.2) is 4.79 Å². The third kappa shape index (κ3) is 5.30. The van der Waals surface area contributed by atoms with Gasteiger partial charge in [0.05, 0.1) is 7.05 Å². The van der Waals surface area contributed by atoms with Gasteiger partial charge < -0.3 is 10.2 Å². The summed E-state index contributed by atoms with van der Waals surface area (Å²) in [6.07, 6.45) is 5.54. The van der Waals surface area contributed by atoms with E-state index in [0.717, 1.165) is 37.1 Å². The summed E-state index contributed by atoms with van der Waals surface area (Å²) in [5.41, 5.74) is 1.18. The Morgan fingerprint density at radius 3 is 2.52 bits per heavy atom. The van der Waals surface area contributed by atoms with E-state index in [1.165, 1.54) is 22.8 Å². The Labute approximate surface area is 161 Å². The summed E-state index contributed by atoms with van der Waals surface area (Å²) in [4.78, 5) is 25.6. The van der Waals surface area contributed by atoms with Gasteiger partial charge in [0.1, 0.15) is 6.54 Å². The van der Waals surface area contributed by atoms with Crippen LogP contribution in [0.15, 0.2) is 42.5 Å². The van der Waals surface area contributed by atoms with Crippen LogP contribution in [0.25, 0.3) is 10.8 Å². The van der Waals surface area contributed by atoms with Gasteiger partial charge in [0.15, 0.2) is 6.04 Å². The van der Waals surface area contributed by atoms with Crippen LogP contribution in [0.1, 0.15) is 44.6 Å². The van der Waals surface area contributed by atoms with Gasteiger partial charge >= 0.3 is 6.03 Å². The lowest BCUT2D eigenvalue weighted by molar-refractivity contribution is -0.908. The predicted octanol–water partition coefficient (Wildman–Crippen LogP) is 2.40. The molecule has 0 heterocycles. The second-order valence-electron chi connectivity index (χ2n) is 7.72. The molecule has 0 aliphatic heterocycles. The minimum absolute atomic E-state index is 0.199. The Morgan fingerprint density at radius 2 is 1.78 bits per heavy atom. The van der Waals surface area contributed by atoms with Crippen molar-refractivity contribution in [3.05, 3.63) is 48.0 Å². The Hall–Kier alpha value is -2.40. The van der Waals surface area contributed by atoms with Crippen LogP contribution in [-0.4, -0.2) is 31.1 Å². The van der Waals surface area contributed by atoms with E-state index in [-0.39, 0.29) is 24.0 Å². The molecule has 0 aromatic heterocycles. The molecule has 0 bridgehead atoms. The first-order chi connectivity index (χ1) is 13.0. The van der Waals surface area contributed by atoms with Gasteiger partial charge in [-0.3, -0.25) is 10.1 Å². The van der Waals surface area contributed by atoms with Crippen LogP contribution in [-0.2, 0) is 11.3 Å². The van der Waals surface area contributed by atoms with Crippen molar-refractivity contribution in [1.29, 1.82) is 0 Å². The monoisotopic (exact) mass is 368 g/mol. The molecule has 1 fully saturated rings. The third-order valence-electron chi connectivity index (χ3n) is 5.61. The highest BCUT2D eigenvalue weighted by Gasteiger charge is 2.25. The first-order valence-corrected chi connectivity index (χ1v) is 9.94. The zero-order valence-corrected chi connectivity index (χ0v) is 16.3. The largest absolute Gasteiger partial charge is 0.335 e. The Kier molecular flexibility index (Phi) is 6.45. The fourth-order valence-electron chi connectivity index (χ4n) is 3.74. The molecule has 1 unspecified atom stereocenters. The van der Waals surface area contributed by atoms with Crippen LogP contribution >= 0.6 is 0 Å². The molecule has 1 aliphatic rings. The van der Waals surface area contributed by atoms with Gasteiger partial charge in [-0.15, -0.1) is 0 Å². The van der Waals surface area contributed by atoms with Gasteiger partial charge in [-0.05, 0) is 36.6 Å². The van der Waals surface area contributed by atoms with Crippen molar-refractivity contribution in [2.45, 2.75) is 57.7 Å². The second-order valence-corrected chi connectivity index (χ2v) is 7.72. The molecule has 27 heavy (non-hydrogen) atoms. The van der Waals surface area contributed by atoms with Gasteiger partial charge in [0, 0.05) is 11.6 Å². The standard InChI is InChI=1S/C22H29N3O2/c1-16(21(26)24-22(27)23-20-10-4-3-5-11-20)25(2)15-17-12-13-18-8-6-7-9-19(18)14-17/h6-9,12-14,16,20H,3-5,10-11,15H2,1-2H3,(H2,23,24,26,27)/p+1/t16-/m1/s1. The first kappa shape index (κ1) is 19.4. The zero-order valence-electron chi connectivity index (χ0n) is 16.3. The van der Waals surface area contributed by atoms with Gasteiger partial charge in [-0.1, -0.05) is 55.7 Å². The van der Waals surface area contributed by atoms with Crippen molar-refractivity contribution in [2.24, 2.45) is 0 Å². The number of nitrogens with one attached hydrogen (secondary N) is 3. The van der Waals surface area contributed by atoms with Crippen molar-refractivity contribution in [1.82, 2.24) is 10.6 Å². The Morgan fingerprint density at radius 1 is 1.07 bits per heavy atom. The lowest BCUT2D eigenvalue weighted by Crippen LogP contribution is -3.12. The summed E-state index contributed by atoms with van der Waals surface area (Å²) in [5, 5.41) is 7.86. The molecule has 3 amide bonds. The quantitative estimate of drug-likeness (QED) is 0.759. The number of quaternary nitrogens is 1. The van der Waals surface area contributed by atoms with E-state index < -0.39 is 0 Å². The second kappa shape index (κ2) is 9.00. The highest BCUT2D eigenvalue weighted by atomic mass is 16.2. The number of imide groups is 1. The number of urea groups is 1. The number of likely N-dealkylation sites (N-methyl/N-ethyl adjacent to an activating group) is 1. The van der Waals surface area contributed by atoms with Crippen LogP contribution in [0.3, 0.4) is 0 Å². The molecule has 3 N–H and O–H groups in total. The average Bonchev–Trinajstić information content (AvgIpc) is 2.67. The van der Waals surface area contributed by atoms with E-state index in [1.54, 1.807) is 0 Å². The first-order valence-electron chi connectivity index (χ1n) is 9.94. The number of amides is 3. The fourth-order valence-corrected chi connectivity index (χ4v) is 3.74. The van der Waals surface area contributed by atoms with Crippen molar-refractivity contribution < 1.29 is 14.5 Å². The number of benzene rings is 2. The lowest BCUT2D eigenvalue weighted by Gasteiger charge is -2.24. The van der Waals surface area contributed by atoms with E-state index >= 15 is 0 Å². The highest BCUT2D eigenvalue weighted by molar-refractivity contribution is 5.96. The lowest BCUT2D eigenvalue weighted by atomic mass is 9.96. The molecular weight excluding hydrogens is 338 g/mol. The summed E-state index contributed by atoms with van der Waals surface area (Å²) >= 11 is 0. The molecule has 2 atom stereocenters. The molecule has 1 saturated carbocycles. The third-order valence-corrected chi connectivity index (χ3v) is 5.61. The van der Waals surface area contributed by atoms with Crippen molar-refractivity contribution >= 4 is 22.7 Å². The normalized spacial score (nSPS) is 17.3. The minimum atomic E-state index is -0.364. The zero-order chi connectivity index (χ0) is 19.2. The van der Waals surface area contributed by atoms with E-state index in [0.29, 0.717) is 0 Å². The molecule has 5 nitrogen and oxygen atoms in total. The van der Waals surface area contributed by atoms with Gasteiger partial charge in [-0.2, -0.15) is 0 Å². The Balaban J connectivity index is 1.52. The van der Waals surface area contributed by atoms with Crippen LogP contribution in [0.5, 0.6) is 0 Å². The maximum absolute atomic E-state index is 12.4. The molecule has 0 spiro atoms. The Bertz CT molecular complexity index is 799. The van der Waals surface area contributed by atoms with E-state index in [9.17, 15) is 9.59 Å². The smallest absolute Gasteiger partial charge is 0.321 e. The number of hydrogen-bond acceptors (Lipinski definition) is 2. The van der Waals surface area contributed by atoms with Crippen molar-refractivity contribution in [3.63, 3.8) is 0 Å². The van der Waals surface area contributed by atoms with Crippen LogP contribution < -0.4 is 15.5 Å². The topological polar surface area (TPSA) is 62.6 Å². The number of hydrogen-bond donors (Lipinski definition) is 3. The summed E-state index contributed by atoms with van der Waals surface area (Å²) in [6, 6.07) is 14.2. The maximum atomic E-state index is 12.4.